The summed E-state index contributed by atoms with van der Waals surface area (Å²) in [7, 11) is 1.44. The molecule has 0 unspecified atom stereocenters. The van der Waals surface area contributed by atoms with Crippen molar-refractivity contribution in [1.82, 2.24) is 10.3 Å². The van der Waals surface area contributed by atoms with Crippen molar-refractivity contribution >= 4 is 57.7 Å². The number of phenolic OH excluding ortho intramolecular Hbond substituents is 1. The van der Waals surface area contributed by atoms with Gasteiger partial charge >= 0.3 is 0 Å². The Morgan fingerprint density at radius 1 is 0.911 bits per heavy atom. The maximum absolute atomic E-state index is 13.5. The molecule has 0 fully saturated rings. The van der Waals surface area contributed by atoms with E-state index in [4.69, 9.17) is 4.74 Å². The number of rotatable bonds is 11. The van der Waals surface area contributed by atoms with Crippen molar-refractivity contribution < 1.29 is 24.2 Å². The van der Waals surface area contributed by atoms with Crippen molar-refractivity contribution in [3.05, 3.63) is 125 Å². The number of carbonyl (C=O) groups is 3. The molecule has 45 heavy (non-hydrogen) atoms. The molecule has 226 valence electrons. The maximum atomic E-state index is 13.5. The zero-order valence-electron chi connectivity index (χ0n) is 24.0. The minimum absolute atomic E-state index is 0.00472. The lowest BCUT2D eigenvalue weighted by molar-refractivity contribution is -0.114. The van der Waals surface area contributed by atoms with E-state index in [-0.39, 0.29) is 23.1 Å². The van der Waals surface area contributed by atoms with Gasteiger partial charge in [0.25, 0.3) is 11.8 Å². The lowest BCUT2D eigenvalue weighted by Crippen LogP contribution is -2.30. The van der Waals surface area contributed by atoms with Crippen LogP contribution in [-0.4, -0.2) is 40.7 Å². The van der Waals surface area contributed by atoms with E-state index in [9.17, 15) is 19.5 Å². The number of nitrogens with one attached hydrogen (secondary N) is 3. The van der Waals surface area contributed by atoms with Gasteiger partial charge in [0.15, 0.2) is 5.13 Å². The van der Waals surface area contributed by atoms with Crippen molar-refractivity contribution in [2.45, 2.75) is 4.90 Å². The molecule has 4 N–H and O–H groups in total. The van der Waals surface area contributed by atoms with Crippen LogP contribution in [0.15, 0.2) is 119 Å². The number of anilines is 2. The van der Waals surface area contributed by atoms with E-state index in [0.29, 0.717) is 27.7 Å². The number of methoxy groups -OCH3 is 1. The third kappa shape index (κ3) is 8.59. The molecule has 5 aromatic rings. The van der Waals surface area contributed by atoms with Crippen LogP contribution < -0.4 is 20.7 Å². The van der Waals surface area contributed by atoms with E-state index in [1.54, 1.807) is 54.6 Å². The Bertz CT molecular complexity index is 1840. The summed E-state index contributed by atoms with van der Waals surface area (Å²) in [5, 5.41) is 20.6. The van der Waals surface area contributed by atoms with Crippen molar-refractivity contribution in [3.8, 4) is 22.8 Å². The Hall–Kier alpha value is -5.39. The first-order valence-corrected chi connectivity index (χ1v) is 15.5. The average molecular weight is 637 g/mol. The van der Waals surface area contributed by atoms with Gasteiger partial charge in [-0.1, -0.05) is 54.6 Å². The number of amides is 3. The minimum atomic E-state index is -0.577. The molecule has 3 amide bonds. The molecule has 4 aromatic carbocycles. The monoisotopic (exact) mass is 636 g/mol. The van der Waals surface area contributed by atoms with Gasteiger partial charge in [0.1, 0.15) is 17.2 Å². The van der Waals surface area contributed by atoms with E-state index in [0.717, 1.165) is 16.2 Å². The van der Waals surface area contributed by atoms with Crippen LogP contribution in [0.25, 0.3) is 17.3 Å². The Morgan fingerprint density at radius 3 is 2.42 bits per heavy atom. The van der Waals surface area contributed by atoms with Gasteiger partial charge in [0, 0.05) is 38.7 Å². The number of ether oxygens (including phenoxy) is 1. The van der Waals surface area contributed by atoms with Gasteiger partial charge in [0.05, 0.1) is 18.6 Å². The Morgan fingerprint density at radius 2 is 1.67 bits per heavy atom. The third-order valence-corrected chi connectivity index (χ3v) is 8.08. The summed E-state index contributed by atoms with van der Waals surface area (Å²) in [5.41, 5.74) is 3.05. The predicted octanol–water partition coefficient (Wildman–Crippen LogP) is 6.66. The molecule has 0 atom stereocenters. The van der Waals surface area contributed by atoms with E-state index in [2.05, 4.69) is 20.9 Å². The number of benzene rings is 4. The van der Waals surface area contributed by atoms with Gasteiger partial charge in [-0.25, -0.2) is 4.98 Å². The lowest BCUT2D eigenvalue weighted by Gasteiger charge is -2.13. The van der Waals surface area contributed by atoms with Crippen LogP contribution in [0, 0.1) is 0 Å². The molecule has 0 radical (unpaired) electrons. The van der Waals surface area contributed by atoms with Crippen LogP contribution >= 0.6 is 23.1 Å². The van der Waals surface area contributed by atoms with E-state index in [1.165, 1.54) is 48.4 Å². The summed E-state index contributed by atoms with van der Waals surface area (Å²) in [5.74, 6) is -0.806. The van der Waals surface area contributed by atoms with Gasteiger partial charge in [-0.05, 0) is 48.5 Å². The van der Waals surface area contributed by atoms with Crippen LogP contribution in [0.5, 0.6) is 11.5 Å². The predicted molar refractivity (Wildman–Crippen MR) is 179 cm³/mol. The van der Waals surface area contributed by atoms with Crippen molar-refractivity contribution in [2.75, 3.05) is 23.5 Å². The summed E-state index contributed by atoms with van der Waals surface area (Å²) in [4.78, 5) is 44.3. The van der Waals surface area contributed by atoms with Crippen LogP contribution in [0.4, 0.5) is 10.8 Å². The molecule has 0 saturated heterocycles. The highest BCUT2D eigenvalue weighted by Gasteiger charge is 2.17. The van der Waals surface area contributed by atoms with Crippen LogP contribution in [0.1, 0.15) is 15.9 Å². The first-order chi connectivity index (χ1) is 21.9. The van der Waals surface area contributed by atoms with Crippen LogP contribution in [-0.2, 0) is 9.59 Å². The maximum Gasteiger partial charge on any atom is 0.272 e. The normalized spacial score (nSPS) is 11.0. The molecule has 1 aromatic heterocycles. The van der Waals surface area contributed by atoms with Gasteiger partial charge in [-0.15, -0.1) is 23.1 Å². The zero-order chi connectivity index (χ0) is 31.6. The topological polar surface area (TPSA) is 130 Å². The number of carbonyl (C=O) groups excluding carboxylic acids is 3. The molecule has 0 saturated carbocycles. The fourth-order valence-electron chi connectivity index (χ4n) is 4.16. The molecule has 0 spiro atoms. The average Bonchev–Trinajstić information content (AvgIpc) is 3.53. The fraction of sp³-hybridized carbons (Fsp3) is 0.0588. The largest absolute Gasteiger partial charge is 0.508 e. The minimum Gasteiger partial charge on any atom is -0.508 e. The van der Waals surface area contributed by atoms with Crippen LogP contribution in [0.3, 0.4) is 0 Å². The number of phenols is 1. The lowest BCUT2D eigenvalue weighted by atomic mass is 10.1. The number of thiazole rings is 1. The number of aromatic nitrogens is 1. The molecular formula is C34H28N4O5S2. The molecule has 11 heteroatoms. The summed E-state index contributed by atoms with van der Waals surface area (Å²) >= 11 is 2.66. The second-order valence-corrected chi connectivity index (χ2v) is 11.4. The molecule has 0 aliphatic heterocycles. The smallest absolute Gasteiger partial charge is 0.272 e. The van der Waals surface area contributed by atoms with Gasteiger partial charge in [-0.2, -0.15) is 0 Å². The Labute approximate surface area is 268 Å². The first-order valence-electron chi connectivity index (χ1n) is 13.7. The highest BCUT2D eigenvalue weighted by Crippen LogP contribution is 2.28. The van der Waals surface area contributed by atoms with Crippen molar-refractivity contribution in [3.63, 3.8) is 0 Å². The molecule has 0 aliphatic carbocycles. The SMILES string of the molecule is COc1cc(O)ccc1/C=C(/NC(=O)c1ccccc1)C(=O)Nc1cccc(SCC(=O)Nc2nc(-c3ccccc3)cs2)c1. The molecule has 0 aliphatic rings. The Balaban J connectivity index is 1.26. The first kappa shape index (κ1) is 31.0. The third-order valence-electron chi connectivity index (χ3n) is 6.33. The van der Waals surface area contributed by atoms with Gasteiger partial charge in [-0.3, -0.25) is 14.4 Å². The molecule has 1 heterocycles. The zero-order valence-corrected chi connectivity index (χ0v) is 25.7. The second kappa shape index (κ2) is 14.9. The van der Waals surface area contributed by atoms with Crippen molar-refractivity contribution in [2.24, 2.45) is 0 Å². The molecular weight excluding hydrogens is 609 g/mol. The van der Waals surface area contributed by atoms with Crippen molar-refractivity contribution in [1.29, 1.82) is 0 Å². The van der Waals surface area contributed by atoms with Gasteiger partial charge < -0.3 is 25.8 Å². The van der Waals surface area contributed by atoms with E-state index in [1.807, 2.05) is 41.8 Å². The summed E-state index contributed by atoms with van der Waals surface area (Å²) in [6.07, 6.45) is 1.47. The van der Waals surface area contributed by atoms with Gasteiger partial charge in [0.2, 0.25) is 5.91 Å². The Kier molecular flexibility index (Phi) is 10.3. The highest BCUT2D eigenvalue weighted by atomic mass is 32.2. The molecule has 9 nitrogen and oxygen atoms in total. The highest BCUT2D eigenvalue weighted by molar-refractivity contribution is 8.00. The quantitative estimate of drug-likeness (QED) is 0.0942. The summed E-state index contributed by atoms with van der Waals surface area (Å²) < 4.78 is 5.35. The number of nitrogens with zero attached hydrogens (tertiary/aromatic N) is 1. The van der Waals surface area contributed by atoms with Crippen LogP contribution in [0.2, 0.25) is 0 Å². The molecule has 5 rings (SSSR count). The van der Waals surface area contributed by atoms with E-state index < -0.39 is 11.8 Å². The summed E-state index contributed by atoms with van der Waals surface area (Å²) in [6.45, 7) is 0. The second-order valence-electron chi connectivity index (χ2n) is 9.53. The van der Waals surface area contributed by atoms with E-state index >= 15 is 0 Å². The number of aromatic hydroxyl groups is 1. The summed E-state index contributed by atoms with van der Waals surface area (Å²) in [6, 6.07) is 29.7. The number of hydrogen-bond donors (Lipinski definition) is 4. The fourth-order valence-corrected chi connectivity index (χ4v) is 5.65. The molecule has 0 bridgehead atoms. The number of thioether (sulfide) groups is 1. The number of hydrogen-bond acceptors (Lipinski definition) is 8. The standard InChI is InChI=1S/C34H28N4O5S2/c1-43-30-19-26(39)16-15-24(30)17-28(36-32(41)23-11-6-3-7-12-23)33(42)35-25-13-8-14-27(18-25)44-21-31(40)38-34-37-29(20-45-34)22-9-4-2-5-10-22/h2-20,39H,21H2,1H3,(H,35,42)(H,36,41)(H,37,38,40)/b28-17+.